The summed E-state index contributed by atoms with van der Waals surface area (Å²) in [6, 6.07) is 1.73. The van der Waals surface area contributed by atoms with Crippen LogP contribution in [0.3, 0.4) is 0 Å². The summed E-state index contributed by atoms with van der Waals surface area (Å²) in [6.07, 6.45) is 4.74. The van der Waals surface area contributed by atoms with Crippen LogP contribution in [0, 0.1) is 0 Å². The van der Waals surface area contributed by atoms with Crippen molar-refractivity contribution in [2.75, 3.05) is 0 Å². The highest BCUT2D eigenvalue weighted by Crippen LogP contribution is 2.28. The first-order valence-corrected chi connectivity index (χ1v) is 7.34. The van der Waals surface area contributed by atoms with Gasteiger partial charge in [0.05, 0.1) is 11.3 Å². The van der Waals surface area contributed by atoms with E-state index in [9.17, 15) is 0 Å². The van der Waals surface area contributed by atoms with Gasteiger partial charge in [0.25, 0.3) is 0 Å². The second-order valence-electron chi connectivity index (χ2n) is 4.13. The van der Waals surface area contributed by atoms with E-state index in [4.69, 9.17) is 10.9 Å². The van der Waals surface area contributed by atoms with Gasteiger partial charge in [-0.2, -0.15) is 5.10 Å². The predicted molar refractivity (Wildman–Crippen MR) is 79.5 cm³/mol. The third-order valence-electron chi connectivity index (χ3n) is 2.91. The van der Waals surface area contributed by atoms with Crippen LogP contribution in [0.5, 0.6) is 0 Å². The zero-order chi connectivity index (χ0) is 15.2. The van der Waals surface area contributed by atoms with Crippen LogP contribution >= 0.6 is 11.8 Å². The highest BCUT2D eigenvalue weighted by atomic mass is 32.2. The van der Waals surface area contributed by atoms with Crippen LogP contribution in [0.15, 0.2) is 33.8 Å². The SMILES string of the molecule is CCc1nnc(Sc2ncccn2)c(/C(N)=N/O)c1CC. The van der Waals surface area contributed by atoms with E-state index in [1.165, 1.54) is 11.8 Å². The molecule has 0 amide bonds. The van der Waals surface area contributed by atoms with Gasteiger partial charge in [-0.25, -0.2) is 9.97 Å². The van der Waals surface area contributed by atoms with E-state index in [2.05, 4.69) is 25.3 Å². The lowest BCUT2D eigenvalue weighted by molar-refractivity contribution is 0.318. The molecule has 0 aromatic carbocycles. The minimum Gasteiger partial charge on any atom is -0.409 e. The second-order valence-corrected chi connectivity index (χ2v) is 5.09. The summed E-state index contributed by atoms with van der Waals surface area (Å²) in [4.78, 5) is 8.28. The molecular formula is C13H16N6OS. The van der Waals surface area contributed by atoms with Gasteiger partial charge in [0.1, 0.15) is 5.03 Å². The predicted octanol–water partition coefficient (Wildman–Crippen LogP) is 1.64. The van der Waals surface area contributed by atoms with E-state index in [0.717, 1.165) is 17.7 Å². The van der Waals surface area contributed by atoms with Crippen molar-refractivity contribution >= 4 is 17.6 Å². The Morgan fingerprint density at radius 3 is 2.52 bits per heavy atom. The molecule has 2 rings (SSSR count). The van der Waals surface area contributed by atoms with Crippen LogP contribution in [-0.4, -0.2) is 31.2 Å². The maximum Gasteiger partial charge on any atom is 0.193 e. The molecule has 0 radical (unpaired) electrons. The highest BCUT2D eigenvalue weighted by molar-refractivity contribution is 7.99. The van der Waals surface area contributed by atoms with Gasteiger partial charge in [0, 0.05) is 12.4 Å². The molecule has 0 spiro atoms. The lowest BCUT2D eigenvalue weighted by Gasteiger charge is -2.13. The molecule has 2 aromatic rings. The van der Waals surface area contributed by atoms with Gasteiger partial charge in [0.2, 0.25) is 0 Å². The number of hydrogen-bond donors (Lipinski definition) is 2. The second kappa shape index (κ2) is 6.98. The van der Waals surface area contributed by atoms with Crippen molar-refractivity contribution in [1.29, 1.82) is 0 Å². The number of aromatic nitrogens is 4. The zero-order valence-corrected chi connectivity index (χ0v) is 12.6. The fourth-order valence-corrected chi connectivity index (χ4v) is 2.78. The molecule has 3 N–H and O–H groups in total. The van der Waals surface area contributed by atoms with E-state index in [-0.39, 0.29) is 5.84 Å². The van der Waals surface area contributed by atoms with Crippen LogP contribution in [0.2, 0.25) is 0 Å². The number of nitrogens with two attached hydrogens (primary N) is 1. The van der Waals surface area contributed by atoms with Crippen molar-refractivity contribution in [1.82, 2.24) is 20.2 Å². The van der Waals surface area contributed by atoms with E-state index >= 15 is 0 Å². The van der Waals surface area contributed by atoms with Gasteiger partial charge >= 0.3 is 0 Å². The molecule has 0 aliphatic heterocycles. The summed E-state index contributed by atoms with van der Waals surface area (Å²) in [7, 11) is 0. The third kappa shape index (κ3) is 3.27. The molecule has 7 nitrogen and oxygen atoms in total. The van der Waals surface area contributed by atoms with Crippen molar-refractivity contribution < 1.29 is 5.21 Å². The van der Waals surface area contributed by atoms with Gasteiger partial charge in [-0.1, -0.05) is 19.0 Å². The first-order chi connectivity index (χ1) is 10.2. The maximum absolute atomic E-state index is 9.04. The van der Waals surface area contributed by atoms with Crippen molar-refractivity contribution in [3.05, 3.63) is 35.3 Å². The lowest BCUT2D eigenvalue weighted by atomic mass is 10.0. The molecule has 0 fully saturated rings. The Kier molecular flexibility index (Phi) is 5.04. The fraction of sp³-hybridized carbons (Fsp3) is 0.308. The largest absolute Gasteiger partial charge is 0.409 e. The average Bonchev–Trinajstić information content (AvgIpc) is 2.54. The molecule has 0 unspecified atom stereocenters. The summed E-state index contributed by atoms with van der Waals surface area (Å²) in [5, 5.41) is 21.6. The molecule has 0 saturated heterocycles. The number of oxime groups is 1. The molecule has 0 aliphatic carbocycles. The quantitative estimate of drug-likeness (QED) is 0.284. The van der Waals surface area contributed by atoms with E-state index in [1.807, 2.05) is 13.8 Å². The molecule has 21 heavy (non-hydrogen) atoms. The Morgan fingerprint density at radius 1 is 1.24 bits per heavy atom. The van der Waals surface area contributed by atoms with Gasteiger partial charge in [-0.05, 0) is 36.2 Å². The Morgan fingerprint density at radius 2 is 1.95 bits per heavy atom. The van der Waals surface area contributed by atoms with Crippen LogP contribution in [0.4, 0.5) is 0 Å². The summed E-state index contributed by atoms with van der Waals surface area (Å²) in [6.45, 7) is 3.99. The summed E-state index contributed by atoms with van der Waals surface area (Å²) in [5.41, 5.74) is 8.20. The number of aryl methyl sites for hydroxylation is 1. The summed E-state index contributed by atoms with van der Waals surface area (Å²) in [5.74, 6) is 0.0230. The molecule has 2 aromatic heterocycles. The third-order valence-corrected chi connectivity index (χ3v) is 3.78. The average molecular weight is 304 g/mol. The van der Waals surface area contributed by atoms with Crippen LogP contribution < -0.4 is 5.73 Å². The smallest absolute Gasteiger partial charge is 0.193 e. The molecule has 2 heterocycles. The number of amidine groups is 1. The monoisotopic (exact) mass is 304 g/mol. The Balaban J connectivity index is 2.55. The minimum absolute atomic E-state index is 0.0230. The lowest BCUT2D eigenvalue weighted by Crippen LogP contribution is -2.20. The van der Waals surface area contributed by atoms with Crippen molar-refractivity contribution in [2.24, 2.45) is 10.9 Å². The van der Waals surface area contributed by atoms with Crippen molar-refractivity contribution in [3.63, 3.8) is 0 Å². The van der Waals surface area contributed by atoms with Gasteiger partial charge in [-0.3, -0.25) is 0 Å². The topological polar surface area (TPSA) is 110 Å². The molecule has 0 saturated carbocycles. The Labute approximate surface area is 126 Å². The van der Waals surface area contributed by atoms with E-state index < -0.39 is 0 Å². The van der Waals surface area contributed by atoms with Crippen molar-refractivity contribution in [3.8, 4) is 0 Å². The van der Waals surface area contributed by atoms with Crippen LogP contribution in [0.25, 0.3) is 0 Å². The van der Waals surface area contributed by atoms with Crippen LogP contribution in [0.1, 0.15) is 30.7 Å². The minimum atomic E-state index is 0.0230. The highest BCUT2D eigenvalue weighted by Gasteiger charge is 2.19. The number of rotatable bonds is 5. The first kappa shape index (κ1) is 15.2. The summed E-state index contributed by atoms with van der Waals surface area (Å²) >= 11 is 1.24. The first-order valence-electron chi connectivity index (χ1n) is 6.52. The Hall–Kier alpha value is -2.22. The van der Waals surface area contributed by atoms with Crippen molar-refractivity contribution in [2.45, 2.75) is 36.9 Å². The standard InChI is InChI=1S/C13H16N6OS/c1-3-8-9(4-2)17-18-12(10(8)11(14)19-20)21-13-15-6-5-7-16-13/h5-7,20H,3-4H2,1-2H3,(H2,14,19). The molecule has 0 atom stereocenters. The zero-order valence-electron chi connectivity index (χ0n) is 11.8. The van der Waals surface area contributed by atoms with Gasteiger partial charge < -0.3 is 10.9 Å². The maximum atomic E-state index is 9.04. The molecule has 0 bridgehead atoms. The molecule has 8 heteroatoms. The normalized spacial score (nSPS) is 11.6. The van der Waals surface area contributed by atoms with E-state index in [1.54, 1.807) is 18.5 Å². The van der Waals surface area contributed by atoms with Gasteiger partial charge in [0.15, 0.2) is 11.0 Å². The fourth-order valence-electron chi connectivity index (χ4n) is 1.96. The Bertz CT molecular complexity index is 647. The molecular weight excluding hydrogens is 288 g/mol. The summed E-state index contributed by atoms with van der Waals surface area (Å²) < 4.78 is 0. The molecule has 110 valence electrons. The van der Waals surface area contributed by atoms with E-state index in [0.29, 0.717) is 22.2 Å². The number of nitrogens with zero attached hydrogens (tertiary/aromatic N) is 5. The molecule has 0 aliphatic rings. The van der Waals surface area contributed by atoms with Crippen LogP contribution in [-0.2, 0) is 12.8 Å². The van der Waals surface area contributed by atoms with Gasteiger partial charge in [-0.15, -0.1) is 5.10 Å². The number of hydrogen-bond acceptors (Lipinski definition) is 7.